The molecule has 0 bridgehead atoms. The zero-order valence-electron chi connectivity index (χ0n) is 22.5. The number of thiocarbonyl (C=S) groups is 1. The van der Waals surface area contributed by atoms with Gasteiger partial charge in [0.25, 0.3) is 5.91 Å². The number of carbonyl (C=O) groups excluding carboxylic acids is 2. The van der Waals surface area contributed by atoms with Crippen LogP contribution in [0.1, 0.15) is 36.6 Å². The van der Waals surface area contributed by atoms with Gasteiger partial charge in [-0.3, -0.25) is 4.79 Å². The predicted octanol–water partition coefficient (Wildman–Crippen LogP) is 4.80. The molecule has 0 saturated heterocycles. The molecule has 0 radical (unpaired) electrons. The summed E-state index contributed by atoms with van der Waals surface area (Å²) in [6.45, 7) is 3.81. The summed E-state index contributed by atoms with van der Waals surface area (Å²) in [6.07, 6.45) is 1.51. The Morgan fingerprint density at radius 3 is 2.63 bits per heavy atom. The number of halogens is 1. The largest absolute Gasteiger partial charge is 0.489 e. The van der Waals surface area contributed by atoms with Crippen molar-refractivity contribution in [3.63, 3.8) is 0 Å². The van der Waals surface area contributed by atoms with Gasteiger partial charge in [0.1, 0.15) is 18.1 Å². The lowest BCUT2D eigenvalue weighted by molar-refractivity contribution is -0.139. The number of esters is 1. The van der Waals surface area contributed by atoms with Crippen molar-refractivity contribution < 1.29 is 23.8 Å². The van der Waals surface area contributed by atoms with Crippen molar-refractivity contribution in [2.45, 2.75) is 26.5 Å². The van der Waals surface area contributed by atoms with E-state index in [9.17, 15) is 9.59 Å². The maximum absolute atomic E-state index is 12.7. The van der Waals surface area contributed by atoms with Gasteiger partial charge in [0, 0.05) is 16.3 Å². The van der Waals surface area contributed by atoms with Crippen LogP contribution in [-0.2, 0) is 20.9 Å². The van der Waals surface area contributed by atoms with Gasteiger partial charge >= 0.3 is 5.97 Å². The third kappa shape index (κ3) is 8.29. The first-order chi connectivity index (χ1) is 19.8. The average molecular weight is 593 g/mol. The number of nitrogens with zero attached hydrogens (tertiary/aromatic N) is 1. The average Bonchev–Trinajstić information content (AvgIpc) is 2.96. The second-order valence-corrected chi connectivity index (χ2v) is 9.74. The molecule has 1 amide bonds. The summed E-state index contributed by atoms with van der Waals surface area (Å²) >= 11 is 11.2. The Morgan fingerprint density at radius 2 is 1.85 bits per heavy atom. The highest BCUT2D eigenvalue weighted by atomic mass is 35.5. The van der Waals surface area contributed by atoms with E-state index in [1.807, 2.05) is 54.6 Å². The van der Waals surface area contributed by atoms with Crippen LogP contribution in [0.3, 0.4) is 0 Å². The molecule has 1 atom stereocenters. The number of hydrazone groups is 1. The van der Waals surface area contributed by atoms with Crippen molar-refractivity contribution in [2.75, 3.05) is 13.2 Å². The number of para-hydroxylation sites is 1. The molecule has 3 N–H and O–H groups in total. The molecular formula is C30H29ClN4O5S. The van der Waals surface area contributed by atoms with Crippen LogP contribution < -0.4 is 25.5 Å². The van der Waals surface area contributed by atoms with E-state index < -0.39 is 17.9 Å². The fourth-order valence-electron chi connectivity index (χ4n) is 4.04. The molecule has 0 fully saturated rings. The zero-order chi connectivity index (χ0) is 29.2. The Labute approximate surface area is 248 Å². The van der Waals surface area contributed by atoms with E-state index >= 15 is 0 Å². The minimum atomic E-state index is -0.616. The molecule has 0 spiro atoms. The van der Waals surface area contributed by atoms with E-state index in [2.05, 4.69) is 21.2 Å². The first kappa shape index (κ1) is 29.6. The van der Waals surface area contributed by atoms with E-state index in [4.69, 9.17) is 38.0 Å². The molecule has 1 heterocycles. The van der Waals surface area contributed by atoms with E-state index in [0.29, 0.717) is 45.1 Å². The van der Waals surface area contributed by atoms with Crippen molar-refractivity contribution >= 4 is 47.0 Å². The highest BCUT2D eigenvalue weighted by molar-refractivity contribution is 7.80. The third-order valence-corrected chi connectivity index (χ3v) is 6.40. The molecule has 212 valence electrons. The minimum absolute atomic E-state index is 0.229. The Hall–Kier alpha value is -4.41. The molecule has 3 aromatic carbocycles. The first-order valence-electron chi connectivity index (χ1n) is 12.8. The van der Waals surface area contributed by atoms with Crippen LogP contribution in [0.4, 0.5) is 0 Å². The number of hydrogen-bond donors (Lipinski definition) is 3. The predicted molar refractivity (Wildman–Crippen MR) is 161 cm³/mol. The van der Waals surface area contributed by atoms with Gasteiger partial charge in [-0.05, 0) is 67.5 Å². The molecule has 3 aromatic rings. The van der Waals surface area contributed by atoms with Crippen LogP contribution in [0.15, 0.2) is 89.2 Å². The maximum atomic E-state index is 12.7. The smallest absolute Gasteiger partial charge is 0.338 e. The van der Waals surface area contributed by atoms with Crippen LogP contribution in [0.2, 0.25) is 5.02 Å². The van der Waals surface area contributed by atoms with Gasteiger partial charge in [0.2, 0.25) is 0 Å². The summed E-state index contributed by atoms with van der Waals surface area (Å²) in [4.78, 5) is 25.2. The summed E-state index contributed by atoms with van der Waals surface area (Å²) in [7, 11) is 0. The maximum Gasteiger partial charge on any atom is 0.338 e. The number of ether oxygens (including phenoxy) is 3. The second kappa shape index (κ2) is 14.3. The number of carbonyl (C=O) groups is 2. The first-order valence-corrected chi connectivity index (χ1v) is 13.6. The standard InChI is InChI=1S/C30H29ClN4O5S/c1-3-38-29(37)27-19(2)33-30(41)34-28(27)24-9-4-5-10-25(24)40-18-26(36)35-32-16-21-7-6-8-23(15-21)39-17-20-11-13-22(31)14-12-20/h4-16,28H,3,17-18H2,1-2H3,(H,35,36)(H2,33,34,41)/t28-/m1/s1. The number of nitrogens with one attached hydrogen (secondary N) is 3. The molecule has 1 aliphatic rings. The summed E-state index contributed by atoms with van der Waals surface area (Å²) in [5.74, 6) is 0.137. The molecule has 0 aliphatic carbocycles. The zero-order valence-corrected chi connectivity index (χ0v) is 24.1. The normalized spacial score (nSPS) is 14.7. The lowest BCUT2D eigenvalue weighted by atomic mass is 9.95. The van der Waals surface area contributed by atoms with Gasteiger partial charge in [-0.25, -0.2) is 10.2 Å². The van der Waals surface area contributed by atoms with Crippen LogP contribution in [0.25, 0.3) is 0 Å². The molecule has 9 nitrogen and oxygen atoms in total. The summed E-state index contributed by atoms with van der Waals surface area (Å²) in [6, 6.07) is 21.2. The highest BCUT2D eigenvalue weighted by Gasteiger charge is 2.32. The second-order valence-electron chi connectivity index (χ2n) is 8.90. The van der Waals surface area contributed by atoms with Gasteiger partial charge in [0.15, 0.2) is 11.7 Å². The van der Waals surface area contributed by atoms with E-state index in [-0.39, 0.29) is 13.2 Å². The van der Waals surface area contributed by atoms with Gasteiger partial charge in [0.05, 0.1) is 24.4 Å². The molecule has 1 aliphatic heterocycles. The Morgan fingerprint density at radius 1 is 1.07 bits per heavy atom. The van der Waals surface area contributed by atoms with Gasteiger partial charge in [-0.2, -0.15) is 5.10 Å². The van der Waals surface area contributed by atoms with Gasteiger partial charge in [-0.15, -0.1) is 0 Å². The van der Waals surface area contributed by atoms with E-state index in [1.165, 1.54) is 6.21 Å². The van der Waals surface area contributed by atoms with Gasteiger partial charge < -0.3 is 24.8 Å². The molecule has 41 heavy (non-hydrogen) atoms. The van der Waals surface area contributed by atoms with Crippen LogP contribution in [-0.4, -0.2) is 36.4 Å². The lowest BCUT2D eigenvalue weighted by Gasteiger charge is -2.30. The molecule has 11 heteroatoms. The van der Waals surface area contributed by atoms with Crippen molar-refractivity contribution in [3.05, 3.63) is 106 Å². The van der Waals surface area contributed by atoms with E-state index in [1.54, 1.807) is 32.0 Å². The van der Waals surface area contributed by atoms with Gasteiger partial charge in [-0.1, -0.05) is 54.1 Å². The van der Waals surface area contributed by atoms with Crippen LogP contribution in [0.5, 0.6) is 11.5 Å². The summed E-state index contributed by atoms with van der Waals surface area (Å²) in [5, 5.41) is 11.1. The van der Waals surface area contributed by atoms with Crippen LogP contribution in [0, 0.1) is 0 Å². The quantitative estimate of drug-likeness (QED) is 0.126. The molecule has 0 unspecified atom stereocenters. The SMILES string of the molecule is CCOC(=O)C1=C(C)NC(=S)N[C@@H]1c1ccccc1OCC(=O)NN=Cc1cccc(OCc2ccc(Cl)cc2)c1. The number of hydrogen-bond acceptors (Lipinski definition) is 7. The topological polar surface area (TPSA) is 110 Å². The summed E-state index contributed by atoms with van der Waals surface area (Å²) in [5.41, 5.74) is 5.79. The molecular weight excluding hydrogens is 564 g/mol. The van der Waals surface area contributed by atoms with Crippen molar-refractivity contribution in [1.82, 2.24) is 16.1 Å². The van der Waals surface area contributed by atoms with E-state index in [0.717, 1.165) is 11.1 Å². The third-order valence-electron chi connectivity index (χ3n) is 5.93. The Kier molecular flexibility index (Phi) is 10.3. The number of allylic oxidation sites excluding steroid dienone is 1. The van der Waals surface area contributed by atoms with Crippen LogP contribution >= 0.6 is 23.8 Å². The molecule has 4 rings (SSSR count). The van der Waals surface area contributed by atoms with Crippen molar-refractivity contribution in [2.24, 2.45) is 5.10 Å². The summed E-state index contributed by atoms with van der Waals surface area (Å²) < 4.78 is 16.9. The highest BCUT2D eigenvalue weighted by Crippen LogP contribution is 2.33. The Balaban J connectivity index is 1.35. The minimum Gasteiger partial charge on any atom is -0.489 e. The van der Waals surface area contributed by atoms with Crippen molar-refractivity contribution in [1.29, 1.82) is 0 Å². The monoisotopic (exact) mass is 592 g/mol. The number of benzene rings is 3. The number of amides is 1. The Bertz CT molecular complexity index is 1480. The fraction of sp³-hybridized carbons (Fsp3) is 0.200. The van der Waals surface area contributed by atoms with Crippen molar-refractivity contribution in [3.8, 4) is 11.5 Å². The molecule has 0 aromatic heterocycles. The number of rotatable bonds is 11. The molecule has 0 saturated carbocycles. The lowest BCUT2D eigenvalue weighted by Crippen LogP contribution is -2.45. The fourth-order valence-corrected chi connectivity index (χ4v) is 4.44.